The molecule has 0 aliphatic heterocycles. The molecule has 0 saturated heterocycles. The van der Waals surface area contributed by atoms with E-state index < -0.39 is 97.5 Å². The number of esters is 4. The number of aliphatic hydroxyl groups is 1. The summed E-state index contributed by atoms with van der Waals surface area (Å²) in [6, 6.07) is 0. The van der Waals surface area contributed by atoms with Crippen molar-refractivity contribution >= 4 is 39.5 Å². The minimum absolute atomic E-state index is 0.106. The molecule has 0 bridgehead atoms. The SMILES string of the molecule is CCC(C)CCCCCCCCCCCCCCCCCCCCC(=O)O[C@H](COC(=O)CCCCCCCCC(C)CC)COP(=O)(O)OCC(O)COP(=O)(O)OC[C@@H](COC(=O)CCCCCCCCC(C)C)OC(=O)CCCCCCCCCCCCCCCCCCC(C)C. The first-order valence-electron chi connectivity index (χ1n) is 41.8. The number of unbranched alkanes of at least 4 members (excludes halogenated alkanes) is 42. The highest BCUT2D eigenvalue weighted by atomic mass is 31.2. The maximum atomic E-state index is 13.1. The molecule has 19 heteroatoms. The Morgan fingerprint density at radius 2 is 0.480 bits per heavy atom. The molecule has 3 N–H and O–H groups in total. The summed E-state index contributed by atoms with van der Waals surface area (Å²) in [6.45, 7) is 14.2. The van der Waals surface area contributed by atoms with Gasteiger partial charge in [0, 0.05) is 25.7 Å². The molecule has 0 radical (unpaired) electrons. The van der Waals surface area contributed by atoms with Crippen LogP contribution in [0.4, 0.5) is 0 Å². The van der Waals surface area contributed by atoms with Gasteiger partial charge < -0.3 is 33.8 Å². The molecule has 0 amide bonds. The lowest BCUT2D eigenvalue weighted by Crippen LogP contribution is -2.30. The normalized spacial score (nSPS) is 14.6. The Kier molecular flexibility index (Phi) is 68.7. The molecule has 17 nitrogen and oxygen atoms in total. The number of hydrogen-bond donors (Lipinski definition) is 3. The fourth-order valence-electron chi connectivity index (χ4n) is 12.4. The summed E-state index contributed by atoms with van der Waals surface area (Å²) in [7, 11) is -9.92. The van der Waals surface area contributed by atoms with E-state index in [9.17, 15) is 43.2 Å². The van der Waals surface area contributed by atoms with Crippen molar-refractivity contribution in [3.8, 4) is 0 Å². The zero-order chi connectivity index (χ0) is 73.8. The number of ether oxygens (including phenoxy) is 4. The van der Waals surface area contributed by atoms with Crippen molar-refractivity contribution in [1.29, 1.82) is 0 Å². The molecule has 0 aliphatic rings. The van der Waals surface area contributed by atoms with E-state index in [0.717, 1.165) is 120 Å². The fraction of sp³-hybridized carbons (Fsp3) is 0.951. The van der Waals surface area contributed by atoms with Crippen molar-refractivity contribution < 1.29 is 80.2 Å². The van der Waals surface area contributed by atoms with Gasteiger partial charge in [-0.2, -0.15) is 0 Å². The molecule has 0 aromatic rings. The van der Waals surface area contributed by atoms with E-state index in [2.05, 4.69) is 55.4 Å². The lowest BCUT2D eigenvalue weighted by atomic mass is 9.99. The first-order valence-corrected chi connectivity index (χ1v) is 44.8. The van der Waals surface area contributed by atoms with Crippen LogP contribution in [0.2, 0.25) is 0 Å². The number of phosphoric acid groups is 2. The van der Waals surface area contributed by atoms with Gasteiger partial charge in [0.1, 0.15) is 19.3 Å². The summed E-state index contributed by atoms with van der Waals surface area (Å²) in [6.07, 6.45) is 57.2. The fourth-order valence-corrected chi connectivity index (χ4v) is 13.9. The van der Waals surface area contributed by atoms with Crippen molar-refractivity contribution in [1.82, 2.24) is 0 Å². The monoisotopic (exact) mass is 1470 g/mol. The molecule has 0 rings (SSSR count). The van der Waals surface area contributed by atoms with E-state index >= 15 is 0 Å². The molecule has 594 valence electrons. The number of rotatable bonds is 78. The van der Waals surface area contributed by atoms with Gasteiger partial charge in [0.15, 0.2) is 12.2 Å². The van der Waals surface area contributed by atoms with Gasteiger partial charge >= 0.3 is 39.5 Å². The van der Waals surface area contributed by atoms with Gasteiger partial charge in [0.2, 0.25) is 0 Å². The molecule has 0 heterocycles. The molecule has 0 spiro atoms. The first kappa shape index (κ1) is 98.1. The van der Waals surface area contributed by atoms with Gasteiger partial charge in [-0.1, -0.05) is 364 Å². The Hall–Kier alpha value is -1.94. The van der Waals surface area contributed by atoms with Crippen LogP contribution in [-0.2, 0) is 65.4 Å². The second kappa shape index (κ2) is 70.1. The van der Waals surface area contributed by atoms with Gasteiger partial charge in [0.25, 0.3) is 0 Å². The van der Waals surface area contributed by atoms with Crippen LogP contribution in [0, 0.1) is 23.7 Å². The van der Waals surface area contributed by atoms with Crippen molar-refractivity contribution in [3.05, 3.63) is 0 Å². The van der Waals surface area contributed by atoms with Crippen molar-refractivity contribution in [2.75, 3.05) is 39.6 Å². The van der Waals surface area contributed by atoms with Crippen LogP contribution < -0.4 is 0 Å². The van der Waals surface area contributed by atoms with Crippen LogP contribution in [0.15, 0.2) is 0 Å². The molecule has 0 aromatic heterocycles. The number of carbonyl (C=O) groups excluding carboxylic acids is 4. The van der Waals surface area contributed by atoms with Gasteiger partial charge in [-0.15, -0.1) is 0 Å². The Morgan fingerprint density at radius 3 is 0.710 bits per heavy atom. The summed E-state index contributed by atoms with van der Waals surface area (Å²) in [5.74, 6) is 0.971. The van der Waals surface area contributed by atoms with Crippen molar-refractivity contribution in [2.45, 2.75) is 433 Å². The van der Waals surface area contributed by atoms with E-state index in [4.69, 9.17) is 37.0 Å². The number of phosphoric ester groups is 2. The lowest BCUT2D eigenvalue weighted by Gasteiger charge is -2.21. The highest BCUT2D eigenvalue weighted by Crippen LogP contribution is 2.45. The molecule has 0 saturated carbocycles. The van der Waals surface area contributed by atoms with E-state index in [1.54, 1.807) is 0 Å². The molecular weight excluding hydrogens is 1310 g/mol. The second-order valence-corrected chi connectivity index (χ2v) is 33.5. The summed E-state index contributed by atoms with van der Waals surface area (Å²) in [4.78, 5) is 72.9. The third-order valence-electron chi connectivity index (χ3n) is 19.5. The summed E-state index contributed by atoms with van der Waals surface area (Å²) in [5.41, 5.74) is 0. The molecule has 7 atom stereocenters. The van der Waals surface area contributed by atoms with Crippen LogP contribution in [0.5, 0.6) is 0 Å². The average Bonchev–Trinajstić information content (AvgIpc) is 0.920. The number of aliphatic hydroxyl groups excluding tert-OH is 1. The molecule has 0 aliphatic carbocycles. The van der Waals surface area contributed by atoms with Crippen molar-refractivity contribution in [2.24, 2.45) is 23.7 Å². The Morgan fingerprint density at radius 1 is 0.280 bits per heavy atom. The van der Waals surface area contributed by atoms with Crippen molar-refractivity contribution in [3.63, 3.8) is 0 Å². The number of hydrogen-bond acceptors (Lipinski definition) is 15. The van der Waals surface area contributed by atoms with E-state index in [1.165, 1.54) is 205 Å². The average molecular weight is 1470 g/mol. The third kappa shape index (κ3) is 71.7. The minimum atomic E-state index is -4.96. The predicted molar refractivity (Wildman–Crippen MR) is 409 cm³/mol. The van der Waals surface area contributed by atoms with E-state index in [0.29, 0.717) is 31.6 Å². The molecule has 0 aromatic carbocycles. The van der Waals surface area contributed by atoms with Gasteiger partial charge in [0.05, 0.1) is 26.4 Å². The Balaban J connectivity index is 5.14. The smallest absolute Gasteiger partial charge is 0.462 e. The van der Waals surface area contributed by atoms with Gasteiger partial charge in [-0.3, -0.25) is 37.3 Å². The summed E-state index contributed by atoms with van der Waals surface area (Å²) >= 11 is 0. The Bertz CT molecular complexity index is 1960. The quantitative estimate of drug-likeness (QED) is 0.0222. The van der Waals surface area contributed by atoms with Crippen LogP contribution in [-0.4, -0.2) is 96.7 Å². The second-order valence-electron chi connectivity index (χ2n) is 30.6. The van der Waals surface area contributed by atoms with E-state index in [1.807, 2.05) is 0 Å². The highest BCUT2D eigenvalue weighted by Gasteiger charge is 2.30. The minimum Gasteiger partial charge on any atom is -0.462 e. The van der Waals surface area contributed by atoms with E-state index in [-0.39, 0.29) is 25.7 Å². The topological polar surface area (TPSA) is 237 Å². The maximum absolute atomic E-state index is 13.1. The predicted octanol–water partition coefficient (Wildman–Crippen LogP) is 24.0. The maximum Gasteiger partial charge on any atom is 0.472 e. The molecule has 0 fully saturated rings. The van der Waals surface area contributed by atoms with Crippen LogP contribution in [0.1, 0.15) is 415 Å². The van der Waals surface area contributed by atoms with Crippen LogP contribution in [0.25, 0.3) is 0 Å². The summed E-state index contributed by atoms with van der Waals surface area (Å²) in [5, 5.41) is 10.6. The lowest BCUT2D eigenvalue weighted by molar-refractivity contribution is -0.161. The molecule has 5 unspecified atom stereocenters. The third-order valence-corrected chi connectivity index (χ3v) is 21.4. The number of carbonyl (C=O) groups is 4. The molecule has 100 heavy (non-hydrogen) atoms. The standard InChI is InChI=1S/C81H158O17P2/c1-9-73(7)59-51-43-34-30-26-22-18-13-11-12-14-19-23-27-31-35-47-55-64-81(86)98-77(68-92-79(84)62-54-46-40-38-44-52-60-74(8)10-2)70-96-100(89,90)94-66-75(82)65-93-99(87,88)95-69-76(67-91-78(83)61-53-45-39-37-42-50-58-72(5)6)97-80(85)63-56-48-36-32-28-24-20-16-15-17-21-25-29-33-41-49-57-71(3)4/h71-77,82H,9-70H2,1-8H3,(H,87,88)(H,89,90)/t73?,74?,75?,76-,77-/m1/s1. The largest absolute Gasteiger partial charge is 0.472 e. The van der Waals surface area contributed by atoms with Crippen LogP contribution >= 0.6 is 15.6 Å². The Labute approximate surface area is 613 Å². The van der Waals surface area contributed by atoms with Gasteiger partial charge in [-0.25, -0.2) is 9.13 Å². The van der Waals surface area contributed by atoms with Crippen LogP contribution in [0.3, 0.4) is 0 Å². The molecular formula is C81H158O17P2. The highest BCUT2D eigenvalue weighted by molar-refractivity contribution is 7.47. The zero-order valence-corrected chi connectivity index (χ0v) is 67.6. The zero-order valence-electron chi connectivity index (χ0n) is 65.8. The summed E-state index contributed by atoms with van der Waals surface area (Å²) < 4.78 is 68.6. The van der Waals surface area contributed by atoms with Gasteiger partial charge in [-0.05, 0) is 49.4 Å². The first-order chi connectivity index (χ1) is 48.2.